The molecule has 8 aromatic rings. The van der Waals surface area contributed by atoms with Crippen LogP contribution >= 0.6 is 22.6 Å². The van der Waals surface area contributed by atoms with E-state index in [1.807, 2.05) is 0 Å². The smallest absolute Gasteiger partial charge is 0.129 e. The van der Waals surface area contributed by atoms with Gasteiger partial charge in [0.05, 0.1) is 0 Å². The van der Waals surface area contributed by atoms with E-state index in [0.717, 1.165) is 83.2 Å². The van der Waals surface area contributed by atoms with Crippen LogP contribution in [0.2, 0.25) is 19.6 Å². The molecule has 0 saturated heterocycles. The SMILES string of the molecule is Cc1cc(C)c(C2=c3ccc([nH]3)=C(c3cccc(I)c3)c3ccc([nH]3)C(c3c(C)cc(C)cc3C)=c3ccc([nH]3)=C(c3cccc(C#C[Si](C)(C)C)c3)c3ccc2[nH]3)c(C)c1. The van der Waals surface area contributed by atoms with Crippen molar-refractivity contribution in [3.05, 3.63) is 230 Å². The fraction of sp³-hybridized carbons (Fsp3) is 0.164. The molecule has 1 aliphatic heterocycles. The van der Waals surface area contributed by atoms with Crippen LogP contribution in [0, 0.1) is 56.6 Å². The van der Waals surface area contributed by atoms with Gasteiger partial charge in [0.1, 0.15) is 8.07 Å². The summed E-state index contributed by atoms with van der Waals surface area (Å²) in [6, 6.07) is 44.6. The molecule has 0 fully saturated rings. The van der Waals surface area contributed by atoms with Crippen LogP contribution in [0.1, 0.15) is 84.0 Å². The quantitative estimate of drug-likeness (QED) is 0.0773. The minimum Gasteiger partial charge on any atom is -0.354 e. The number of hydrogen-bond acceptors (Lipinski definition) is 0. The van der Waals surface area contributed by atoms with E-state index in [9.17, 15) is 0 Å². The molecule has 0 amide bonds. The zero-order valence-electron chi connectivity index (χ0n) is 36.4. The van der Waals surface area contributed by atoms with Crippen LogP contribution in [0.3, 0.4) is 0 Å². The number of rotatable bonds is 4. The van der Waals surface area contributed by atoms with Crippen molar-refractivity contribution >= 4 is 53.0 Å². The molecule has 0 radical (unpaired) electrons. The molecule has 61 heavy (non-hydrogen) atoms. The van der Waals surface area contributed by atoms with E-state index < -0.39 is 8.07 Å². The highest BCUT2D eigenvalue weighted by molar-refractivity contribution is 14.1. The molecule has 0 atom stereocenters. The molecule has 4 aromatic heterocycles. The van der Waals surface area contributed by atoms with E-state index in [-0.39, 0.29) is 0 Å². The van der Waals surface area contributed by atoms with Crippen molar-refractivity contribution in [1.82, 2.24) is 19.9 Å². The highest BCUT2D eigenvalue weighted by Gasteiger charge is 2.21. The fourth-order valence-corrected chi connectivity index (χ4v) is 10.4. The van der Waals surface area contributed by atoms with Crippen molar-refractivity contribution in [3.8, 4) is 11.5 Å². The molecule has 8 bridgehead atoms. The normalized spacial score (nSPS) is 12.8. The zero-order valence-corrected chi connectivity index (χ0v) is 39.6. The number of aryl methyl sites for hydroxylation is 6. The molecule has 302 valence electrons. The van der Waals surface area contributed by atoms with E-state index in [2.05, 4.69) is 237 Å². The number of aromatic amines is 4. The van der Waals surface area contributed by atoms with Crippen molar-refractivity contribution in [1.29, 1.82) is 0 Å². The Morgan fingerprint density at radius 3 is 1.25 bits per heavy atom. The maximum absolute atomic E-state index is 3.99. The summed E-state index contributed by atoms with van der Waals surface area (Å²) in [6.07, 6.45) is 0. The Morgan fingerprint density at radius 1 is 0.426 bits per heavy atom. The lowest BCUT2D eigenvalue weighted by Gasteiger charge is -2.15. The van der Waals surface area contributed by atoms with Crippen molar-refractivity contribution in [2.75, 3.05) is 0 Å². The Labute approximate surface area is 373 Å². The summed E-state index contributed by atoms with van der Waals surface area (Å²) in [5.74, 6) is 3.53. The first kappa shape index (κ1) is 40.4. The highest BCUT2D eigenvalue weighted by Crippen LogP contribution is 2.32. The summed E-state index contributed by atoms with van der Waals surface area (Å²) < 4.78 is 1.18. The topological polar surface area (TPSA) is 63.2 Å². The molecule has 4 aromatic carbocycles. The summed E-state index contributed by atoms with van der Waals surface area (Å²) in [4.78, 5) is 15.9. The second kappa shape index (κ2) is 15.8. The molecule has 0 unspecified atom stereocenters. The van der Waals surface area contributed by atoms with Crippen LogP contribution in [0.5, 0.6) is 0 Å². The van der Waals surface area contributed by atoms with Gasteiger partial charge in [-0.05, 0) is 181 Å². The molecule has 6 heteroatoms. The summed E-state index contributed by atoms with van der Waals surface area (Å²) in [5, 5.41) is 4.15. The number of fused-ring (bicyclic) bond motifs is 8. The van der Waals surface area contributed by atoms with Gasteiger partial charge in [0.15, 0.2) is 0 Å². The number of hydrogen-bond donors (Lipinski definition) is 4. The van der Waals surface area contributed by atoms with Gasteiger partial charge in [0.25, 0.3) is 0 Å². The third kappa shape index (κ3) is 7.89. The number of nitrogens with one attached hydrogen (secondary N) is 4. The maximum atomic E-state index is 3.99. The van der Waals surface area contributed by atoms with E-state index in [0.29, 0.717) is 0 Å². The van der Waals surface area contributed by atoms with Crippen molar-refractivity contribution < 1.29 is 0 Å². The minimum atomic E-state index is -1.59. The van der Waals surface area contributed by atoms with E-state index in [4.69, 9.17) is 0 Å². The molecule has 4 nitrogen and oxygen atoms in total. The minimum absolute atomic E-state index is 1.02. The van der Waals surface area contributed by atoms with Crippen LogP contribution < -0.4 is 21.4 Å². The lowest BCUT2D eigenvalue weighted by molar-refractivity contribution is 1.17. The van der Waals surface area contributed by atoms with Crippen LogP contribution in [0.4, 0.5) is 0 Å². The van der Waals surface area contributed by atoms with Gasteiger partial charge in [-0.1, -0.05) is 85.2 Å². The van der Waals surface area contributed by atoms with Gasteiger partial charge in [0.2, 0.25) is 0 Å². The summed E-state index contributed by atoms with van der Waals surface area (Å²) in [6.45, 7) is 20.2. The molecule has 0 saturated carbocycles. The Hall–Kier alpha value is -6.01. The van der Waals surface area contributed by atoms with Gasteiger partial charge in [-0.15, -0.1) is 5.54 Å². The third-order valence-electron chi connectivity index (χ3n) is 11.6. The van der Waals surface area contributed by atoms with E-state index in [1.54, 1.807) is 0 Å². The average Bonchev–Trinajstić information content (AvgIpc) is 4.03. The molecule has 0 aliphatic carbocycles. The predicted octanol–water partition coefficient (Wildman–Crippen LogP) is 9.99. The molecular formula is C55H51IN4Si. The van der Waals surface area contributed by atoms with Gasteiger partial charge in [0, 0.05) is 75.6 Å². The third-order valence-corrected chi connectivity index (χ3v) is 13.1. The van der Waals surface area contributed by atoms with Gasteiger partial charge < -0.3 is 19.9 Å². The first-order valence-electron chi connectivity index (χ1n) is 21.0. The molecule has 5 heterocycles. The second-order valence-electron chi connectivity index (χ2n) is 17.8. The molecular weight excluding hydrogens is 872 g/mol. The van der Waals surface area contributed by atoms with Crippen molar-refractivity contribution in [2.45, 2.75) is 61.2 Å². The van der Waals surface area contributed by atoms with Gasteiger partial charge >= 0.3 is 0 Å². The fourth-order valence-electron chi connectivity index (χ4n) is 9.29. The number of halogens is 1. The first-order chi connectivity index (χ1) is 29.2. The Balaban J connectivity index is 1.45. The van der Waals surface area contributed by atoms with Gasteiger partial charge in [-0.2, -0.15) is 0 Å². The van der Waals surface area contributed by atoms with Crippen molar-refractivity contribution in [3.63, 3.8) is 0 Å². The van der Waals surface area contributed by atoms with Gasteiger partial charge in [-0.3, -0.25) is 0 Å². The summed E-state index contributed by atoms with van der Waals surface area (Å²) in [7, 11) is -1.59. The highest BCUT2D eigenvalue weighted by atomic mass is 127. The van der Waals surface area contributed by atoms with Crippen molar-refractivity contribution in [2.24, 2.45) is 0 Å². The lowest BCUT2D eigenvalue weighted by atomic mass is 9.92. The standard InChI is InChI=1S/C55H51IN4Si/c1-32-26-34(3)50(35(4)27-32)54-46-20-16-42(57-46)52(39-13-10-12-38(30-39)24-25-61(7,8)9)43-17-21-47(58-43)55(51-36(5)28-33(2)29-37(51)6)49-23-19-45(60-49)53(44-18-22-48(54)59-44)40-14-11-15-41(56)31-40/h10-23,26-31,57-60H,1-9H3. The maximum Gasteiger partial charge on any atom is 0.129 e. The van der Waals surface area contributed by atoms with E-state index in [1.165, 1.54) is 48.1 Å². The zero-order chi connectivity index (χ0) is 42.7. The monoisotopic (exact) mass is 922 g/mol. The number of benzene rings is 4. The van der Waals surface area contributed by atoms with Crippen LogP contribution in [0.25, 0.3) is 22.3 Å². The summed E-state index contributed by atoms with van der Waals surface area (Å²) in [5.41, 5.74) is 25.4. The Kier molecular flexibility index (Phi) is 10.5. The summed E-state index contributed by atoms with van der Waals surface area (Å²) >= 11 is 2.42. The van der Waals surface area contributed by atoms with E-state index >= 15 is 0 Å². The number of H-pyrrole nitrogens is 4. The Morgan fingerprint density at radius 2 is 0.820 bits per heavy atom. The van der Waals surface area contributed by atoms with Crippen LogP contribution in [0.15, 0.2) is 121 Å². The average molecular weight is 923 g/mol. The first-order valence-corrected chi connectivity index (χ1v) is 25.6. The molecule has 0 spiro atoms. The Bertz CT molecular complexity index is 3330. The molecule has 1 aliphatic rings. The van der Waals surface area contributed by atoms with Crippen LogP contribution in [-0.2, 0) is 0 Å². The second-order valence-corrected chi connectivity index (χ2v) is 23.8. The molecule has 4 N–H and O–H groups in total. The molecule has 9 rings (SSSR count). The number of aromatic nitrogens is 4. The van der Waals surface area contributed by atoms with Gasteiger partial charge in [-0.25, -0.2) is 0 Å². The predicted molar refractivity (Wildman–Crippen MR) is 265 cm³/mol. The largest absolute Gasteiger partial charge is 0.354 e. The lowest BCUT2D eigenvalue weighted by Crippen LogP contribution is -2.20. The van der Waals surface area contributed by atoms with Crippen LogP contribution in [-0.4, -0.2) is 28.0 Å².